The van der Waals surface area contributed by atoms with Crippen LogP contribution < -0.4 is 0 Å². The second kappa shape index (κ2) is 7.35. The number of benzene rings is 2. The summed E-state index contributed by atoms with van der Waals surface area (Å²) in [5.41, 5.74) is 2.50. The van der Waals surface area contributed by atoms with Gasteiger partial charge in [0.15, 0.2) is 5.78 Å². The molecule has 2 aromatic carbocycles. The van der Waals surface area contributed by atoms with E-state index in [1.165, 1.54) is 24.3 Å². The number of Topliss-reactive ketones (excluding diaryl/α,β-unsaturated/α-hetero) is 1. The van der Waals surface area contributed by atoms with E-state index in [2.05, 4.69) is 4.98 Å². The number of nitrogens with one attached hydrogen (secondary N) is 1. The zero-order valence-corrected chi connectivity index (χ0v) is 15.0. The Bertz CT molecular complexity index is 977. The predicted molar refractivity (Wildman–Crippen MR) is 102 cm³/mol. The molecule has 1 saturated heterocycles. The maximum Gasteiger partial charge on any atom is 0.227 e. The summed E-state index contributed by atoms with van der Waals surface area (Å²) in [6, 6.07) is 13.6. The maximum absolute atomic E-state index is 13.1. The maximum atomic E-state index is 13.1. The number of aromatic nitrogens is 1. The summed E-state index contributed by atoms with van der Waals surface area (Å²) in [6.07, 6.45) is 3.76. The van der Waals surface area contributed by atoms with Gasteiger partial charge in [-0.2, -0.15) is 0 Å². The minimum atomic E-state index is -0.356. The first-order chi connectivity index (χ1) is 13.1. The third kappa shape index (κ3) is 3.63. The molecule has 0 aliphatic carbocycles. The van der Waals surface area contributed by atoms with Crippen molar-refractivity contribution in [1.29, 1.82) is 0 Å². The number of piperidine rings is 1. The Hall–Kier alpha value is -2.95. The minimum Gasteiger partial charge on any atom is -0.361 e. The molecule has 1 amide bonds. The van der Waals surface area contributed by atoms with Crippen LogP contribution in [0.5, 0.6) is 0 Å². The number of nitrogens with zero attached hydrogens (tertiary/aromatic N) is 1. The van der Waals surface area contributed by atoms with Crippen molar-refractivity contribution >= 4 is 22.6 Å². The van der Waals surface area contributed by atoms with E-state index in [1.54, 1.807) is 4.90 Å². The van der Waals surface area contributed by atoms with Crippen LogP contribution in [-0.2, 0) is 11.2 Å². The molecule has 1 aliphatic rings. The number of ketones is 1. The quantitative estimate of drug-likeness (QED) is 0.712. The molecular formula is C22H21FN2O2. The molecule has 27 heavy (non-hydrogen) atoms. The van der Waals surface area contributed by atoms with Crippen LogP contribution in [0.3, 0.4) is 0 Å². The van der Waals surface area contributed by atoms with Gasteiger partial charge >= 0.3 is 0 Å². The minimum absolute atomic E-state index is 0.0143. The number of carbonyl (C=O) groups is 2. The third-order valence-corrected chi connectivity index (χ3v) is 5.29. The van der Waals surface area contributed by atoms with Crippen molar-refractivity contribution in [2.75, 3.05) is 13.1 Å². The summed E-state index contributed by atoms with van der Waals surface area (Å²) >= 11 is 0. The van der Waals surface area contributed by atoms with E-state index in [-0.39, 0.29) is 23.4 Å². The summed E-state index contributed by atoms with van der Waals surface area (Å²) in [4.78, 5) is 30.5. The van der Waals surface area contributed by atoms with Crippen molar-refractivity contribution < 1.29 is 14.0 Å². The second-order valence-corrected chi connectivity index (χ2v) is 7.09. The Morgan fingerprint density at radius 1 is 1.11 bits per heavy atom. The standard InChI is InChI=1S/C22H21FN2O2/c23-18-9-7-15(8-10-18)22(27)16-4-3-11-25(14-16)21(26)12-17-13-24-20-6-2-1-5-19(17)20/h1-2,5-10,13,16,24H,3-4,11-12,14H2. The van der Waals surface area contributed by atoms with Gasteiger partial charge in [-0.05, 0) is 48.7 Å². The molecule has 5 heteroatoms. The average molecular weight is 364 g/mol. The lowest BCUT2D eigenvalue weighted by atomic mass is 9.89. The molecule has 0 saturated carbocycles. The Labute approximate surface area is 157 Å². The Morgan fingerprint density at radius 2 is 1.89 bits per heavy atom. The van der Waals surface area contributed by atoms with Gasteiger partial charge in [0, 0.05) is 41.7 Å². The normalized spacial score (nSPS) is 17.2. The monoisotopic (exact) mass is 364 g/mol. The topological polar surface area (TPSA) is 53.2 Å². The van der Waals surface area contributed by atoms with Gasteiger partial charge in [-0.3, -0.25) is 9.59 Å². The first kappa shape index (κ1) is 17.5. The van der Waals surface area contributed by atoms with Gasteiger partial charge in [-0.15, -0.1) is 0 Å². The number of amides is 1. The SMILES string of the molecule is O=C(c1ccc(F)cc1)C1CCCN(C(=O)Cc2c[nH]c3ccccc23)C1. The number of likely N-dealkylation sites (tertiary alicyclic amines) is 1. The highest BCUT2D eigenvalue weighted by molar-refractivity contribution is 5.98. The number of rotatable bonds is 4. The number of aromatic amines is 1. The van der Waals surface area contributed by atoms with Crippen LogP contribution in [0.15, 0.2) is 54.7 Å². The molecule has 0 spiro atoms. The first-order valence-electron chi connectivity index (χ1n) is 9.24. The summed E-state index contributed by atoms with van der Waals surface area (Å²) in [5.74, 6) is -0.558. The second-order valence-electron chi connectivity index (χ2n) is 7.09. The fourth-order valence-electron chi connectivity index (χ4n) is 3.82. The van der Waals surface area contributed by atoms with E-state index in [1.807, 2.05) is 30.5 Å². The molecule has 0 radical (unpaired) electrons. The molecule has 1 aliphatic heterocycles. The van der Waals surface area contributed by atoms with Crippen LogP contribution in [0.25, 0.3) is 10.9 Å². The van der Waals surface area contributed by atoms with Gasteiger partial charge in [-0.1, -0.05) is 18.2 Å². The van der Waals surface area contributed by atoms with Crippen LogP contribution in [-0.4, -0.2) is 34.7 Å². The number of hydrogen-bond acceptors (Lipinski definition) is 2. The van der Waals surface area contributed by atoms with E-state index in [0.29, 0.717) is 25.1 Å². The van der Waals surface area contributed by atoms with Crippen LogP contribution in [0, 0.1) is 11.7 Å². The zero-order chi connectivity index (χ0) is 18.8. The highest BCUT2D eigenvalue weighted by Gasteiger charge is 2.29. The van der Waals surface area contributed by atoms with E-state index in [4.69, 9.17) is 0 Å². The summed E-state index contributed by atoms with van der Waals surface area (Å²) < 4.78 is 13.1. The predicted octanol–water partition coefficient (Wildman–Crippen LogP) is 3.97. The highest BCUT2D eigenvalue weighted by Crippen LogP contribution is 2.23. The van der Waals surface area contributed by atoms with Crippen molar-refractivity contribution in [3.05, 3.63) is 71.7 Å². The molecule has 1 unspecified atom stereocenters. The average Bonchev–Trinajstić information content (AvgIpc) is 3.11. The van der Waals surface area contributed by atoms with Gasteiger partial charge < -0.3 is 9.88 Å². The molecule has 1 N–H and O–H groups in total. The Kier molecular flexibility index (Phi) is 4.75. The number of halogens is 1. The smallest absolute Gasteiger partial charge is 0.227 e. The first-order valence-corrected chi connectivity index (χ1v) is 9.24. The third-order valence-electron chi connectivity index (χ3n) is 5.29. The molecule has 3 aromatic rings. The van der Waals surface area contributed by atoms with Crippen LogP contribution in [0.2, 0.25) is 0 Å². The number of para-hydroxylation sites is 1. The van der Waals surface area contributed by atoms with Crippen LogP contribution >= 0.6 is 0 Å². The summed E-state index contributed by atoms with van der Waals surface area (Å²) in [7, 11) is 0. The van der Waals surface area contributed by atoms with Crippen molar-refractivity contribution in [3.8, 4) is 0 Å². The van der Waals surface area contributed by atoms with E-state index < -0.39 is 0 Å². The van der Waals surface area contributed by atoms with Crippen molar-refractivity contribution in [2.45, 2.75) is 19.3 Å². The highest BCUT2D eigenvalue weighted by atomic mass is 19.1. The zero-order valence-electron chi connectivity index (χ0n) is 15.0. The van der Waals surface area contributed by atoms with Gasteiger partial charge in [0.2, 0.25) is 5.91 Å². The Morgan fingerprint density at radius 3 is 2.70 bits per heavy atom. The number of hydrogen-bond donors (Lipinski definition) is 1. The van der Waals surface area contributed by atoms with Gasteiger partial charge in [0.25, 0.3) is 0 Å². The number of H-pyrrole nitrogens is 1. The van der Waals surface area contributed by atoms with Crippen LogP contribution in [0.4, 0.5) is 4.39 Å². The molecule has 0 bridgehead atoms. The van der Waals surface area contributed by atoms with Gasteiger partial charge in [0.05, 0.1) is 6.42 Å². The summed E-state index contributed by atoms with van der Waals surface area (Å²) in [5, 5.41) is 1.06. The largest absolute Gasteiger partial charge is 0.361 e. The molecule has 4 nitrogen and oxygen atoms in total. The fourth-order valence-corrected chi connectivity index (χ4v) is 3.82. The lowest BCUT2D eigenvalue weighted by molar-refractivity contribution is -0.131. The van der Waals surface area contributed by atoms with Gasteiger partial charge in [-0.25, -0.2) is 4.39 Å². The molecule has 2 heterocycles. The van der Waals surface area contributed by atoms with E-state index >= 15 is 0 Å². The summed E-state index contributed by atoms with van der Waals surface area (Å²) in [6.45, 7) is 1.10. The van der Waals surface area contributed by atoms with Crippen molar-refractivity contribution in [1.82, 2.24) is 9.88 Å². The molecule has 1 atom stereocenters. The molecule has 4 rings (SSSR count). The molecule has 1 fully saturated rings. The Balaban J connectivity index is 1.45. The lowest BCUT2D eigenvalue weighted by Gasteiger charge is -2.32. The number of carbonyl (C=O) groups excluding carboxylic acids is 2. The van der Waals surface area contributed by atoms with Crippen molar-refractivity contribution in [3.63, 3.8) is 0 Å². The van der Waals surface area contributed by atoms with Gasteiger partial charge in [0.1, 0.15) is 5.82 Å². The molecule has 138 valence electrons. The van der Waals surface area contributed by atoms with E-state index in [9.17, 15) is 14.0 Å². The van der Waals surface area contributed by atoms with Crippen LogP contribution in [0.1, 0.15) is 28.8 Å². The lowest BCUT2D eigenvalue weighted by Crippen LogP contribution is -2.43. The van der Waals surface area contributed by atoms with E-state index in [0.717, 1.165) is 29.3 Å². The molecule has 1 aromatic heterocycles. The fraction of sp³-hybridized carbons (Fsp3) is 0.273. The van der Waals surface area contributed by atoms with Crippen molar-refractivity contribution in [2.24, 2.45) is 5.92 Å². The number of fused-ring (bicyclic) bond motifs is 1. The molecular weight excluding hydrogens is 343 g/mol.